The zero-order chi connectivity index (χ0) is 14.8. The van der Waals surface area contributed by atoms with E-state index in [0.29, 0.717) is 0 Å². The van der Waals surface area contributed by atoms with Gasteiger partial charge in [0.05, 0.1) is 18.5 Å². The van der Waals surface area contributed by atoms with Gasteiger partial charge in [-0.1, -0.05) is 12.1 Å². The highest BCUT2D eigenvalue weighted by Gasteiger charge is 2.35. The van der Waals surface area contributed by atoms with Crippen LogP contribution in [0.1, 0.15) is 12.8 Å². The number of nitrogens with one attached hydrogen (secondary N) is 1. The molecule has 1 unspecified atom stereocenters. The molecule has 1 aromatic carbocycles. The van der Waals surface area contributed by atoms with Crippen LogP contribution in [0.5, 0.6) is 5.75 Å². The van der Waals surface area contributed by atoms with Crippen LogP contribution in [0.25, 0.3) is 0 Å². The maximum atomic E-state index is 12.0. The van der Waals surface area contributed by atoms with E-state index in [0.717, 1.165) is 48.1 Å². The van der Waals surface area contributed by atoms with Crippen molar-refractivity contribution < 1.29 is 9.53 Å². The molecule has 0 aliphatic carbocycles. The van der Waals surface area contributed by atoms with Crippen molar-refractivity contribution in [3.8, 4) is 5.75 Å². The minimum atomic E-state index is -0.601. The first kappa shape index (κ1) is 14.3. The largest absolute Gasteiger partial charge is 0.495 e. The average molecular weight is 305 g/mol. The lowest BCUT2D eigenvalue weighted by molar-refractivity contribution is -0.111. The molecule has 0 spiro atoms. The van der Waals surface area contributed by atoms with Crippen LogP contribution in [0.3, 0.4) is 0 Å². The van der Waals surface area contributed by atoms with E-state index in [1.54, 1.807) is 7.11 Å². The highest BCUT2D eigenvalue weighted by Crippen LogP contribution is 2.38. The molecule has 3 rings (SSSR count). The van der Waals surface area contributed by atoms with E-state index in [1.807, 2.05) is 24.3 Å². The van der Waals surface area contributed by atoms with Gasteiger partial charge in [0.1, 0.15) is 16.8 Å². The molecule has 5 nitrogen and oxygen atoms in total. The molecule has 6 heteroatoms. The van der Waals surface area contributed by atoms with Crippen molar-refractivity contribution >= 4 is 22.6 Å². The maximum absolute atomic E-state index is 12.0. The van der Waals surface area contributed by atoms with Crippen LogP contribution in [-0.2, 0) is 4.79 Å². The molecular formula is C15H19N3O2S. The van der Waals surface area contributed by atoms with Gasteiger partial charge < -0.3 is 20.7 Å². The van der Waals surface area contributed by atoms with E-state index in [9.17, 15) is 4.79 Å². The number of hydrogen-bond acceptors (Lipinski definition) is 6. The summed E-state index contributed by atoms with van der Waals surface area (Å²) in [6, 6.07) is 7.04. The van der Waals surface area contributed by atoms with Gasteiger partial charge >= 0.3 is 0 Å². The zero-order valence-electron chi connectivity index (χ0n) is 12.0. The summed E-state index contributed by atoms with van der Waals surface area (Å²) in [5, 5.41) is 4.28. The molecule has 1 aromatic rings. The highest BCUT2D eigenvalue weighted by atomic mass is 32.2. The fourth-order valence-electron chi connectivity index (χ4n) is 2.64. The van der Waals surface area contributed by atoms with Gasteiger partial charge in [-0.05, 0) is 36.7 Å². The van der Waals surface area contributed by atoms with Gasteiger partial charge in [0.2, 0.25) is 5.12 Å². The average Bonchev–Trinajstić information content (AvgIpc) is 3.12. The molecule has 0 radical (unpaired) electrons. The summed E-state index contributed by atoms with van der Waals surface area (Å²) >= 11 is 1.25. The first-order chi connectivity index (χ1) is 10.2. The maximum Gasteiger partial charge on any atom is 0.217 e. The third-order valence-corrected chi connectivity index (χ3v) is 4.89. The molecule has 112 valence electrons. The van der Waals surface area contributed by atoms with Crippen LogP contribution in [-0.4, -0.2) is 36.3 Å². The second-order valence-electron chi connectivity index (χ2n) is 5.14. The standard InChI is InChI=1S/C15H19N3O2S/c1-20-11-7-3-2-6-10(11)17-13-12(16)15(19)21-14(13)18-8-4-5-9-18/h2-3,6-7,12,17H,4-5,8-9,16H2,1H3. The Bertz CT molecular complexity index is 582. The van der Waals surface area contributed by atoms with Crippen LogP contribution >= 0.6 is 11.8 Å². The highest BCUT2D eigenvalue weighted by molar-refractivity contribution is 8.17. The molecule has 0 amide bonds. The van der Waals surface area contributed by atoms with Crippen molar-refractivity contribution in [2.75, 3.05) is 25.5 Å². The van der Waals surface area contributed by atoms with Crippen LogP contribution in [0.4, 0.5) is 5.69 Å². The predicted molar refractivity (Wildman–Crippen MR) is 85.0 cm³/mol. The molecule has 2 aliphatic rings. The first-order valence-electron chi connectivity index (χ1n) is 7.07. The number of thioether (sulfide) groups is 1. The lowest BCUT2D eigenvalue weighted by atomic mass is 10.2. The summed E-state index contributed by atoms with van der Waals surface area (Å²) < 4.78 is 5.35. The Kier molecular flexibility index (Phi) is 4.07. The van der Waals surface area contributed by atoms with Crippen molar-refractivity contribution in [1.29, 1.82) is 0 Å². The van der Waals surface area contributed by atoms with Crippen molar-refractivity contribution in [3.05, 3.63) is 35.0 Å². The van der Waals surface area contributed by atoms with E-state index < -0.39 is 6.04 Å². The number of nitrogens with two attached hydrogens (primary N) is 1. The number of methoxy groups -OCH3 is 1. The number of para-hydroxylation sites is 2. The predicted octanol–water partition coefficient (Wildman–Crippen LogP) is 1.97. The molecule has 0 saturated carbocycles. The minimum Gasteiger partial charge on any atom is -0.495 e. The summed E-state index contributed by atoms with van der Waals surface area (Å²) in [6.45, 7) is 1.97. The van der Waals surface area contributed by atoms with Crippen molar-refractivity contribution in [2.24, 2.45) is 5.73 Å². The number of benzene rings is 1. The Morgan fingerprint density at radius 3 is 2.76 bits per heavy atom. The molecule has 2 heterocycles. The minimum absolute atomic E-state index is 0.00528. The number of hydrogen-bond donors (Lipinski definition) is 2. The quantitative estimate of drug-likeness (QED) is 0.886. The third kappa shape index (κ3) is 2.73. The van der Waals surface area contributed by atoms with E-state index in [4.69, 9.17) is 10.5 Å². The van der Waals surface area contributed by atoms with Gasteiger partial charge in [0.25, 0.3) is 0 Å². The summed E-state index contributed by atoms with van der Waals surface area (Å²) in [6.07, 6.45) is 2.32. The van der Waals surface area contributed by atoms with Crippen molar-refractivity contribution in [1.82, 2.24) is 4.90 Å². The fourth-order valence-corrected chi connectivity index (χ4v) is 3.68. The van der Waals surface area contributed by atoms with Gasteiger partial charge in [-0.15, -0.1) is 0 Å². The summed E-state index contributed by atoms with van der Waals surface area (Å²) in [7, 11) is 1.63. The monoisotopic (exact) mass is 305 g/mol. The molecule has 0 aromatic heterocycles. The number of carbonyl (C=O) groups is 1. The molecule has 1 atom stereocenters. The second kappa shape index (κ2) is 5.99. The number of carbonyl (C=O) groups excluding carboxylic acids is 1. The fraction of sp³-hybridized carbons (Fsp3) is 0.400. The Hall–Kier alpha value is -1.66. The summed E-state index contributed by atoms with van der Waals surface area (Å²) in [4.78, 5) is 14.2. The number of rotatable bonds is 4. The second-order valence-corrected chi connectivity index (χ2v) is 6.13. The van der Waals surface area contributed by atoms with Crippen LogP contribution in [0, 0.1) is 0 Å². The lowest BCUT2D eigenvalue weighted by Gasteiger charge is -2.21. The van der Waals surface area contributed by atoms with E-state index in [-0.39, 0.29) is 5.12 Å². The van der Waals surface area contributed by atoms with Crippen LogP contribution in [0.2, 0.25) is 0 Å². The molecule has 1 fully saturated rings. The van der Waals surface area contributed by atoms with Gasteiger partial charge in [-0.2, -0.15) is 0 Å². The van der Waals surface area contributed by atoms with Gasteiger partial charge in [0, 0.05) is 13.1 Å². The van der Waals surface area contributed by atoms with Gasteiger partial charge in [-0.3, -0.25) is 4.79 Å². The number of anilines is 1. The summed E-state index contributed by atoms with van der Waals surface area (Å²) in [5.41, 5.74) is 7.68. The summed E-state index contributed by atoms with van der Waals surface area (Å²) in [5.74, 6) is 0.738. The molecular weight excluding hydrogens is 286 g/mol. The first-order valence-corrected chi connectivity index (χ1v) is 7.89. The Balaban J connectivity index is 1.92. The third-order valence-electron chi connectivity index (χ3n) is 3.76. The van der Waals surface area contributed by atoms with Crippen LogP contribution in [0.15, 0.2) is 35.0 Å². The molecule has 21 heavy (non-hydrogen) atoms. The van der Waals surface area contributed by atoms with Gasteiger partial charge in [-0.25, -0.2) is 0 Å². The molecule has 2 aliphatic heterocycles. The zero-order valence-corrected chi connectivity index (χ0v) is 12.8. The normalized spacial score (nSPS) is 22.1. The molecule has 0 bridgehead atoms. The lowest BCUT2D eigenvalue weighted by Crippen LogP contribution is -2.31. The number of likely N-dealkylation sites (tertiary alicyclic amines) is 1. The number of nitrogens with zero attached hydrogens (tertiary/aromatic N) is 1. The molecule has 3 N–H and O–H groups in total. The van der Waals surface area contributed by atoms with Gasteiger partial charge in [0.15, 0.2) is 0 Å². The Labute approximate surface area is 128 Å². The van der Waals surface area contributed by atoms with Crippen LogP contribution < -0.4 is 15.8 Å². The van der Waals surface area contributed by atoms with E-state index in [1.165, 1.54) is 11.8 Å². The Morgan fingerprint density at radius 2 is 2.05 bits per heavy atom. The van der Waals surface area contributed by atoms with Crippen molar-refractivity contribution in [2.45, 2.75) is 18.9 Å². The van der Waals surface area contributed by atoms with E-state index in [2.05, 4.69) is 10.2 Å². The van der Waals surface area contributed by atoms with E-state index >= 15 is 0 Å². The Morgan fingerprint density at radius 1 is 1.33 bits per heavy atom. The smallest absolute Gasteiger partial charge is 0.217 e. The molecule has 1 saturated heterocycles. The number of ether oxygens (including phenoxy) is 1. The van der Waals surface area contributed by atoms with Crippen molar-refractivity contribution in [3.63, 3.8) is 0 Å². The SMILES string of the molecule is COc1ccccc1NC1=C(N2CCCC2)SC(=O)C1N. The topological polar surface area (TPSA) is 67.6 Å².